The minimum absolute atomic E-state index is 0.127. The molecule has 2 N–H and O–H groups in total. The molecule has 1 aliphatic rings. The van der Waals surface area contributed by atoms with Gasteiger partial charge in [-0.05, 0) is 37.2 Å². The average molecular weight is 266 g/mol. The van der Waals surface area contributed by atoms with Gasteiger partial charge in [-0.25, -0.2) is 4.39 Å². The summed E-state index contributed by atoms with van der Waals surface area (Å²) in [7, 11) is 0. The Balaban J connectivity index is 1.91. The Morgan fingerprint density at radius 2 is 2.32 bits per heavy atom. The van der Waals surface area contributed by atoms with Crippen LogP contribution in [0.4, 0.5) is 4.39 Å². The molecule has 0 amide bonds. The van der Waals surface area contributed by atoms with E-state index in [1.165, 1.54) is 6.07 Å². The second kappa shape index (κ2) is 6.35. The largest absolute Gasteiger partial charge is 0.488 e. The molecular formula is C15H23FN2O. The van der Waals surface area contributed by atoms with Crippen molar-refractivity contribution < 1.29 is 9.13 Å². The van der Waals surface area contributed by atoms with Crippen molar-refractivity contribution in [3.05, 3.63) is 29.6 Å². The van der Waals surface area contributed by atoms with E-state index in [1.807, 2.05) is 0 Å². The highest BCUT2D eigenvalue weighted by molar-refractivity contribution is 5.37. The minimum Gasteiger partial charge on any atom is -0.488 e. The molecule has 4 heteroatoms. The van der Waals surface area contributed by atoms with Crippen LogP contribution in [-0.2, 0) is 6.42 Å². The van der Waals surface area contributed by atoms with Gasteiger partial charge in [0.05, 0.1) is 0 Å². The van der Waals surface area contributed by atoms with Gasteiger partial charge in [0.15, 0.2) is 0 Å². The molecule has 0 aromatic heterocycles. The number of hydrogen-bond donors (Lipinski definition) is 1. The number of likely N-dealkylation sites (N-methyl/N-ethyl adjacent to an activating group) is 1. The van der Waals surface area contributed by atoms with E-state index in [-0.39, 0.29) is 11.9 Å². The SMILES string of the molecule is CCN(CC(C)CN)CC1Cc2cc(F)ccc2O1. The van der Waals surface area contributed by atoms with E-state index in [0.717, 1.165) is 37.4 Å². The Kier molecular flexibility index (Phi) is 4.77. The predicted molar refractivity (Wildman–Crippen MR) is 74.9 cm³/mol. The van der Waals surface area contributed by atoms with Crippen molar-refractivity contribution in [3.63, 3.8) is 0 Å². The third-order valence-electron chi connectivity index (χ3n) is 3.65. The van der Waals surface area contributed by atoms with Crippen LogP contribution >= 0.6 is 0 Å². The number of nitrogens with zero attached hydrogens (tertiary/aromatic N) is 1. The van der Waals surface area contributed by atoms with Gasteiger partial charge in [-0.2, -0.15) is 0 Å². The molecule has 0 bridgehead atoms. The number of nitrogens with two attached hydrogens (primary N) is 1. The van der Waals surface area contributed by atoms with Crippen molar-refractivity contribution in [2.75, 3.05) is 26.2 Å². The number of benzene rings is 1. The molecule has 1 aromatic rings. The topological polar surface area (TPSA) is 38.5 Å². The van der Waals surface area contributed by atoms with Crippen molar-refractivity contribution in [1.82, 2.24) is 4.90 Å². The van der Waals surface area contributed by atoms with E-state index in [4.69, 9.17) is 10.5 Å². The summed E-state index contributed by atoms with van der Waals surface area (Å²) in [5.41, 5.74) is 6.65. The summed E-state index contributed by atoms with van der Waals surface area (Å²) in [6, 6.07) is 4.76. The van der Waals surface area contributed by atoms with Crippen LogP contribution in [0.3, 0.4) is 0 Å². The van der Waals surface area contributed by atoms with E-state index < -0.39 is 0 Å². The maximum atomic E-state index is 13.2. The molecule has 2 rings (SSSR count). The molecule has 0 saturated heterocycles. The average Bonchev–Trinajstić information content (AvgIpc) is 2.79. The Morgan fingerprint density at radius 1 is 1.53 bits per heavy atom. The molecule has 1 aliphatic heterocycles. The highest BCUT2D eigenvalue weighted by Gasteiger charge is 2.25. The second-order valence-electron chi connectivity index (χ2n) is 5.39. The van der Waals surface area contributed by atoms with Crippen LogP contribution in [-0.4, -0.2) is 37.2 Å². The summed E-state index contributed by atoms with van der Waals surface area (Å²) < 4.78 is 19.0. The summed E-state index contributed by atoms with van der Waals surface area (Å²) in [4.78, 5) is 2.35. The van der Waals surface area contributed by atoms with Crippen LogP contribution in [0.5, 0.6) is 5.75 Å². The van der Waals surface area contributed by atoms with Gasteiger partial charge in [-0.3, -0.25) is 4.90 Å². The first-order valence-electron chi connectivity index (χ1n) is 6.99. The highest BCUT2D eigenvalue weighted by atomic mass is 19.1. The van der Waals surface area contributed by atoms with Gasteiger partial charge >= 0.3 is 0 Å². The van der Waals surface area contributed by atoms with Crippen LogP contribution in [0, 0.1) is 11.7 Å². The normalized spacial score (nSPS) is 19.3. The smallest absolute Gasteiger partial charge is 0.123 e. The Morgan fingerprint density at radius 3 is 3.00 bits per heavy atom. The number of ether oxygens (including phenoxy) is 1. The summed E-state index contributed by atoms with van der Waals surface area (Å²) >= 11 is 0. The summed E-state index contributed by atoms with van der Waals surface area (Å²) in [6.07, 6.45) is 0.919. The molecule has 0 spiro atoms. The zero-order chi connectivity index (χ0) is 13.8. The number of hydrogen-bond acceptors (Lipinski definition) is 3. The van der Waals surface area contributed by atoms with E-state index in [9.17, 15) is 4.39 Å². The first-order valence-corrected chi connectivity index (χ1v) is 6.99. The van der Waals surface area contributed by atoms with Gasteiger partial charge in [0.25, 0.3) is 0 Å². The molecule has 0 saturated carbocycles. The fraction of sp³-hybridized carbons (Fsp3) is 0.600. The maximum Gasteiger partial charge on any atom is 0.123 e. The quantitative estimate of drug-likeness (QED) is 0.856. The number of fused-ring (bicyclic) bond motifs is 1. The minimum atomic E-state index is -0.188. The van der Waals surface area contributed by atoms with Crippen LogP contribution in [0.2, 0.25) is 0 Å². The van der Waals surface area contributed by atoms with Gasteiger partial charge in [0, 0.05) is 25.1 Å². The first kappa shape index (κ1) is 14.3. The lowest BCUT2D eigenvalue weighted by molar-refractivity contribution is 0.143. The highest BCUT2D eigenvalue weighted by Crippen LogP contribution is 2.29. The molecule has 3 nitrogen and oxygen atoms in total. The van der Waals surface area contributed by atoms with E-state index in [2.05, 4.69) is 18.7 Å². The molecule has 2 unspecified atom stereocenters. The molecule has 1 aromatic carbocycles. The second-order valence-corrected chi connectivity index (χ2v) is 5.39. The Bertz CT molecular complexity index is 425. The van der Waals surface area contributed by atoms with Crippen molar-refractivity contribution in [1.29, 1.82) is 0 Å². The zero-order valence-corrected chi connectivity index (χ0v) is 11.7. The lowest BCUT2D eigenvalue weighted by Gasteiger charge is -2.26. The standard InChI is InChI=1S/C15H23FN2O/c1-3-18(9-11(2)8-17)10-14-7-12-6-13(16)4-5-15(12)19-14/h4-6,11,14H,3,7-10,17H2,1-2H3. The molecule has 0 fully saturated rings. The van der Waals surface area contributed by atoms with Gasteiger partial charge < -0.3 is 10.5 Å². The third kappa shape index (κ3) is 3.67. The van der Waals surface area contributed by atoms with E-state index >= 15 is 0 Å². The van der Waals surface area contributed by atoms with Crippen molar-refractivity contribution in [2.45, 2.75) is 26.4 Å². The number of rotatable bonds is 6. The molecule has 106 valence electrons. The van der Waals surface area contributed by atoms with Gasteiger partial charge in [-0.1, -0.05) is 13.8 Å². The number of halogens is 1. The van der Waals surface area contributed by atoms with Crippen LogP contribution < -0.4 is 10.5 Å². The van der Waals surface area contributed by atoms with E-state index in [0.29, 0.717) is 12.5 Å². The zero-order valence-electron chi connectivity index (χ0n) is 11.7. The van der Waals surface area contributed by atoms with Crippen LogP contribution in [0.25, 0.3) is 0 Å². The molecule has 0 radical (unpaired) electrons. The third-order valence-corrected chi connectivity index (χ3v) is 3.65. The Hall–Kier alpha value is -1.13. The van der Waals surface area contributed by atoms with Crippen molar-refractivity contribution in [3.8, 4) is 5.75 Å². The molecular weight excluding hydrogens is 243 g/mol. The fourth-order valence-corrected chi connectivity index (χ4v) is 2.53. The monoisotopic (exact) mass is 266 g/mol. The lowest BCUT2D eigenvalue weighted by atomic mass is 10.1. The summed E-state index contributed by atoms with van der Waals surface area (Å²) in [6.45, 7) is 7.84. The lowest BCUT2D eigenvalue weighted by Crippen LogP contribution is -2.38. The van der Waals surface area contributed by atoms with Gasteiger partial charge in [0.2, 0.25) is 0 Å². The maximum absolute atomic E-state index is 13.2. The van der Waals surface area contributed by atoms with Crippen molar-refractivity contribution in [2.24, 2.45) is 11.7 Å². The Labute approximate surface area is 114 Å². The molecule has 19 heavy (non-hydrogen) atoms. The van der Waals surface area contributed by atoms with Crippen LogP contribution in [0.15, 0.2) is 18.2 Å². The predicted octanol–water partition coefficient (Wildman–Crippen LogP) is 2.05. The van der Waals surface area contributed by atoms with Crippen LogP contribution in [0.1, 0.15) is 19.4 Å². The molecule has 1 heterocycles. The summed E-state index contributed by atoms with van der Waals surface area (Å²) in [5, 5.41) is 0. The van der Waals surface area contributed by atoms with Gasteiger partial charge in [0.1, 0.15) is 17.7 Å². The van der Waals surface area contributed by atoms with E-state index in [1.54, 1.807) is 12.1 Å². The fourth-order valence-electron chi connectivity index (χ4n) is 2.53. The first-order chi connectivity index (χ1) is 9.12. The molecule has 0 aliphatic carbocycles. The summed E-state index contributed by atoms with van der Waals surface area (Å²) in [5.74, 6) is 1.13. The molecule has 2 atom stereocenters. The van der Waals surface area contributed by atoms with Gasteiger partial charge in [-0.15, -0.1) is 0 Å². The van der Waals surface area contributed by atoms with Crippen molar-refractivity contribution >= 4 is 0 Å².